The van der Waals surface area contributed by atoms with Crippen molar-refractivity contribution in [2.75, 3.05) is 10.6 Å². The van der Waals surface area contributed by atoms with Crippen molar-refractivity contribution in [1.29, 1.82) is 0 Å². The van der Waals surface area contributed by atoms with Gasteiger partial charge in [0.25, 0.3) is 0 Å². The molecule has 2 fully saturated rings. The van der Waals surface area contributed by atoms with E-state index in [1.54, 1.807) is 0 Å². The summed E-state index contributed by atoms with van der Waals surface area (Å²) in [5, 5.41) is 7.13. The van der Waals surface area contributed by atoms with Gasteiger partial charge in [0.05, 0.1) is 6.33 Å². The van der Waals surface area contributed by atoms with E-state index in [1.807, 2.05) is 12.4 Å². The number of imidazole rings is 1. The minimum absolute atomic E-state index is 0.316. The first kappa shape index (κ1) is 22.0. The second-order valence-electron chi connectivity index (χ2n) is 9.98. The second-order valence-corrected chi connectivity index (χ2v) is 9.98. The van der Waals surface area contributed by atoms with E-state index >= 15 is 0 Å². The number of hydrogen-bond acceptors (Lipinski definition) is 6. The first-order valence-corrected chi connectivity index (χ1v) is 12.9. The predicted molar refractivity (Wildman–Crippen MR) is 142 cm³/mol. The summed E-state index contributed by atoms with van der Waals surface area (Å²) in [6, 6.07) is 20.0. The molecule has 0 bridgehead atoms. The molecule has 2 heterocycles. The van der Waals surface area contributed by atoms with Crippen LogP contribution in [0, 0.1) is 0 Å². The van der Waals surface area contributed by atoms with Gasteiger partial charge in [-0.25, -0.2) is 4.98 Å². The molecule has 6 rings (SSSR count). The SMILES string of the molecule is NC1CCC(Nc2nc(Nc3ccc(-c4ccccc4)cc3)c3ncn(C4CCCC4)c3n2)CC1. The monoisotopic (exact) mass is 467 g/mol. The van der Waals surface area contributed by atoms with Gasteiger partial charge in [-0.3, -0.25) is 0 Å². The van der Waals surface area contributed by atoms with Crippen LogP contribution in [-0.4, -0.2) is 31.6 Å². The van der Waals surface area contributed by atoms with Gasteiger partial charge in [-0.05, 0) is 61.8 Å². The summed E-state index contributed by atoms with van der Waals surface area (Å²) in [4.78, 5) is 14.6. The zero-order valence-corrected chi connectivity index (χ0v) is 20.0. The number of nitrogens with one attached hydrogen (secondary N) is 2. The predicted octanol–water partition coefficient (Wildman–Crippen LogP) is 6.03. The number of benzene rings is 2. The fourth-order valence-electron chi connectivity index (χ4n) is 5.48. The molecule has 0 atom stereocenters. The van der Waals surface area contributed by atoms with Gasteiger partial charge >= 0.3 is 0 Å². The normalized spacial score (nSPS) is 20.8. The number of anilines is 3. The van der Waals surface area contributed by atoms with Crippen LogP contribution in [0.25, 0.3) is 22.3 Å². The molecule has 4 N–H and O–H groups in total. The highest BCUT2D eigenvalue weighted by molar-refractivity contribution is 5.87. The largest absolute Gasteiger partial charge is 0.351 e. The van der Waals surface area contributed by atoms with Gasteiger partial charge in [0.1, 0.15) is 0 Å². The third kappa shape index (κ3) is 4.73. The Morgan fingerprint density at radius 1 is 0.800 bits per heavy atom. The molecule has 2 aliphatic rings. The topological polar surface area (TPSA) is 93.7 Å². The highest BCUT2D eigenvalue weighted by Crippen LogP contribution is 2.34. The van der Waals surface area contributed by atoms with E-state index in [0.717, 1.165) is 48.4 Å². The lowest BCUT2D eigenvalue weighted by Crippen LogP contribution is -2.33. The Morgan fingerprint density at radius 3 is 2.26 bits per heavy atom. The first-order valence-electron chi connectivity index (χ1n) is 12.9. The van der Waals surface area contributed by atoms with Crippen LogP contribution in [0.1, 0.15) is 57.4 Å². The molecule has 4 aromatic rings. The van der Waals surface area contributed by atoms with Crippen molar-refractivity contribution < 1.29 is 0 Å². The molecule has 0 radical (unpaired) electrons. The molecule has 7 nitrogen and oxygen atoms in total. The van der Waals surface area contributed by atoms with Crippen molar-refractivity contribution in [2.45, 2.75) is 69.5 Å². The fourth-order valence-corrected chi connectivity index (χ4v) is 5.48. The Hall–Kier alpha value is -3.45. The van der Waals surface area contributed by atoms with Crippen LogP contribution in [0.2, 0.25) is 0 Å². The van der Waals surface area contributed by atoms with Gasteiger partial charge in [0, 0.05) is 23.8 Å². The molecule has 2 saturated carbocycles. The zero-order valence-electron chi connectivity index (χ0n) is 20.0. The average molecular weight is 468 g/mol. The molecule has 180 valence electrons. The molecular weight excluding hydrogens is 434 g/mol. The van der Waals surface area contributed by atoms with Crippen LogP contribution in [0.5, 0.6) is 0 Å². The molecule has 0 amide bonds. The summed E-state index contributed by atoms with van der Waals surface area (Å²) in [6.45, 7) is 0. The van der Waals surface area contributed by atoms with Crippen LogP contribution in [0.3, 0.4) is 0 Å². The molecular formula is C28H33N7. The highest BCUT2D eigenvalue weighted by Gasteiger charge is 2.24. The van der Waals surface area contributed by atoms with Gasteiger partial charge in [-0.1, -0.05) is 55.3 Å². The molecule has 0 saturated heterocycles. The van der Waals surface area contributed by atoms with Crippen LogP contribution in [-0.2, 0) is 0 Å². The van der Waals surface area contributed by atoms with E-state index < -0.39 is 0 Å². The van der Waals surface area contributed by atoms with E-state index in [9.17, 15) is 0 Å². The Balaban J connectivity index is 1.31. The van der Waals surface area contributed by atoms with E-state index in [1.165, 1.54) is 36.8 Å². The summed E-state index contributed by atoms with van der Waals surface area (Å²) >= 11 is 0. The molecule has 2 aliphatic carbocycles. The third-order valence-corrected chi connectivity index (χ3v) is 7.50. The summed E-state index contributed by atoms with van der Waals surface area (Å²) in [5.74, 6) is 1.41. The lowest BCUT2D eigenvalue weighted by molar-refractivity contribution is 0.410. The Labute approximate surface area is 206 Å². The maximum absolute atomic E-state index is 6.12. The van der Waals surface area contributed by atoms with Crippen LogP contribution >= 0.6 is 0 Å². The molecule has 7 heteroatoms. The van der Waals surface area contributed by atoms with Gasteiger partial charge in [-0.2, -0.15) is 9.97 Å². The number of nitrogens with zero attached hydrogens (tertiary/aromatic N) is 4. The number of hydrogen-bond donors (Lipinski definition) is 3. The standard InChI is InChI=1S/C28H33N7/c29-21-12-16-23(17-13-21)32-28-33-26(25-27(34-28)35(18-30-25)24-8-4-5-9-24)31-22-14-10-20(11-15-22)19-6-2-1-3-7-19/h1-3,6-7,10-11,14-15,18,21,23-24H,4-5,8-9,12-13,16-17,29H2,(H2,31,32,33,34). The average Bonchev–Trinajstić information content (AvgIpc) is 3.57. The minimum Gasteiger partial charge on any atom is -0.351 e. The maximum Gasteiger partial charge on any atom is 0.227 e. The van der Waals surface area contributed by atoms with Gasteiger partial charge < -0.3 is 20.9 Å². The molecule has 35 heavy (non-hydrogen) atoms. The van der Waals surface area contributed by atoms with Gasteiger partial charge in [-0.15, -0.1) is 0 Å². The molecule has 2 aromatic heterocycles. The van der Waals surface area contributed by atoms with E-state index in [4.69, 9.17) is 20.7 Å². The minimum atomic E-state index is 0.316. The summed E-state index contributed by atoms with van der Waals surface area (Å²) < 4.78 is 2.26. The van der Waals surface area contributed by atoms with E-state index in [0.29, 0.717) is 24.1 Å². The second kappa shape index (κ2) is 9.66. The van der Waals surface area contributed by atoms with Crippen LogP contribution in [0.15, 0.2) is 60.9 Å². The van der Waals surface area contributed by atoms with E-state index in [2.05, 4.69) is 63.7 Å². The number of aromatic nitrogens is 4. The Bertz CT molecular complexity index is 1270. The Kier molecular flexibility index (Phi) is 6.08. The number of rotatable bonds is 6. The molecule has 0 unspecified atom stereocenters. The summed E-state index contributed by atoms with van der Waals surface area (Å²) in [6.07, 6.45) is 11.0. The maximum atomic E-state index is 6.12. The lowest BCUT2D eigenvalue weighted by atomic mass is 9.92. The third-order valence-electron chi connectivity index (χ3n) is 7.50. The number of nitrogens with two attached hydrogens (primary N) is 1. The fraction of sp³-hybridized carbons (Fsp3) is 0.393. The van der Waals surface area contributed by atoms with Crippen LogP contribution in [0.4, 0.5) is 17.5 Å². The molecule has 0 aliphatic heterocycles. The lowest BCUT2D eigenvalue weighted by Gasteiger charge is -2.27. The van der Waals surface area contributed by atoms with Crippen LogP contribution < -0.4 is 16.4 Å². The van der Waals surface area contributed by atoms with E-state index in [-0.39, 0.29) is 0 Å². The van der Waals surface area contributed by atoms with Crippen molar-refractivity contribution in [3.05, 3.63) is 60.9 Å². The van der Waals surface area contributed by atoms with Crippen molar-refractivity contribution in [3.8, 4) is 11.1 Å². The molecule has 2 aromatic carbocycles. The first-order chi connectivity index (χ1) is 17.2. The smallest absolute Gasteiger partial charge is 0.227 e. The quantitative estimate of drug-likeness (QED) is 0.320. The number of fused-ring (bicyclic) bond motifs is 1. The summed E-state index contributed by atoms with van der Waals surface area (Å²) in [7, 11) is 0. The Morgan fingerprint density at radius 2 is 1.51 bits per heavy atom. The van der Waals surface area contributed by atoms with Gasteiger partial charge in [0.2, 0.25) is 5.95 Å². The molecule has 0 spiro atoms. The van der Waals surface area contributed by atoms with Crippen molar-refractivity contribution >= 4 is 28.6 Å². The zero-order chi connectivity index (χ0) is 23.6. The van der Waals surface area contributed by atoms with Gasteiger partial charge in [0.15, 0.2) is 17.0 Å². The van der Waals surface area contributed by atoms with Crippen molar-refractivity contribution in [2.24, 2.45) is 5.73 Å². The highest BCUT2D eigenvalue weighted by atomic mass is 15.2. The van der Waals surface area contributed by atoms with Crippen molar-refractivity contribution in [3.63, 3.8) is 0 Å². The van der Waals surface area contributed by atoms with Crippen molar-refractivity contribution in [1.82, 2.24) is 19.5 Å². The summed E-state index contributed by atoms with van der Waals surface area (Å²) in [5.41, 5.74) is 11.2.